The van der Waals surface area contributed by atoms with Crippen LogP contribution < -0.4 is 15.4 Å². The molecule has 0 atom stereocenters. The molecule has 4 fully saturated rings. The van der Waals surface area contributed by atoms with Crippen LogP contribution in [0.25, 0.3) is 0 Å². The van der Waals surface area contributed by atoms with E-state index in [0.717, 1.165) is 37.0 Å². The zero-order chi connectivity index (χ0) is 19.7. The van der Waals surface area contributed by atoms with Crippen molar-refractivity contribution in [1.29, 1.82) is 0 Å². The fraction of sp³-hybridized carbons (Fsp3) is 0.619. The molecule has 4 aliphatic carbocycles. The van der Waals surface area contributed by atoms with Gasteiger partial charge in [0.2, 0.25) is 11.8 Å². The molecule has 5 rings (SSSR count). The highest BCUT2D eigenvalue weighted by molar-refractivity contribution is 5.94. The lowest BCUT2D eigenvalue weighted by molar-refractivity contribution is -0.131. The van der Waals surface area contributed by atoms with Crippen LogP contribution in [-0.4, -0.2) is 25.0 Å². The second-order valence-corrected chi connectivity index (χ2v) is 8.82. The summed E-state index contributed by atoms with van der Waals surface area (Å²) < 4.78 is 28.6. The van der Waals surface area contributed by atoms with Crippen LogP contribution in [0.1, 0.15) is 44.9 Å². The molecule has 152 valence electrons. The summed E-state index contributed by atoms with van der Waals surface area (Å²) in [5.74, 6) is 1.99. The van der Waals surface area contributed by atoms with Crippen LogP contribution in [0.3, 0.4) is 0 Å². The third-order valence-electron chi connectivity index (χ3n) is 6.51. The van der Waals surface area contributed by atoms with Crippen molar-refractivity contribution < 1.29 is 23.1 Å². The summed E-state index contributed by atoms with van der Waals surface area (Å²) in [4.78, 5) is 24.5. The van der Waals surface area contributed by atoms with E-state index in [1.165, 1.54) is 43.5 Å². The van der Waals surface area contributed by atoms with Crippen molar-refractivity contribution in [2.24, 2.45) is 23.2 Å². The number of ether oxygens (including phenoxy) is 1. The predicted molar refractivity (Wildman–Crippen MR) is 99.9 cm³/mol. The summed E-state index contributed by atoms with van der Waals surface area (Å²) >= 11 is 0. The van der Waals surface area contributed by atoms with Gasteiger partial charge in [-0.05, 0) is 86.0 Å². The number of carbonyl (C=O) groups excluding carboxylic acids is 2. The van der Waals surface area contributed by atoms with Gasteiger partial charge in [0.05, 0.1) is 6.54 Å². The Hall–Kier alpha value is -2.18. The van der Waals surface area contributed by atoms with E-state index in [1.54, 1.807) is 0 Å². The third kappa shape index (κ3) is 4.45. The van der Waals surface area contributed by atoms with E-state index in [9.17, 15) is 18.4 Å². The van der Waals surface area contributed by atoms with Crippen LogP contribution in [-0.2, 0) is 9.59 Å². The number of hydrogen-bond donors (Lipinski definition) is 2. The average molecular weight is 392 g/mol. The fourth-order valence-electron chi connectivity index (χ4n) is 6.01. The molecule has 28 heavy (non-hydrogen) atoms. The Kier molecular flexibility index (Phi) is 5.25. The molecule has 1 aromatic carbocycles. The smallest absolute Gasteiger partial charge is 0.387 e. The van der Waals surface area contributed by atoms with Gasteiger partial charge in [0, 0.05) is 12.1 Å². The van der Waals surface area contributed by atoms with E-state index in [2.05, 4.69) is 15.4 Å². The van der Waals surface area contributed by atoms with E-state index < -0.39 is 6.61 Å². The van der Waals surface area contributed by atoms with Crippen LogP contribution in [0.2, 0.25) is 0 Å². The molecule has 4 aliphatic rings. The number of carbonyl (C=O) groups is 2. The summed E-state index contributed by atoms with van der Waals surface area (Å²) in [5.41, 5.74) is 0.609. The molecule has 0 radical (unpaired) electrons. The molecule has 0 spiro atoms. The lowest BCUT2D eigenvalue weighted by atomic mass is 9.49. The van der Waals surface area contributed by atoms with E-state index in [1.807, 2.05) is 0 Å². The molecule has 0 unspecified atom stereocenters. The Bertz CT molecular complexity index is 700. The zero-order valence-corrected chi connectivity index (χ0v) is 15.8. The van der Waals surface area contributed by atoms with Crippen LogP contribution in [0, 0.1) is 23.2 Å². The molecular formula is C21H26F2N2O3. The van der Waals surface area contributed by atoms with Crippen molar-refractivity contribution in [3.63, 3.8) is 0 Å². The Balaban J connectivity index is 1.23. The van der Waals surface area contributed by atoms with E-state index in [-0.39, 0.29) is 29.5 Å². The normalized spacial score (nSPS) is 30.3. The molecule has 7 heteroatoms. The molecule has 4 saturated carbocycles. The van der Waals surface area contributed by atoms with Crippen LogP contribution >= 0.6 is 0 Å². The van der Waals surface area contributed by atoms with Gasteiger partial charge in [0.15, 0.2) is 0 Å². The molecule has 1 aromatic rings. The molecular weight excluding hydrogens is 366 g/mol. The maximum absolute atomic E-state index is 12.5. The number of hydrogen-bond acceptors (Lipinski definition) is 3. The quantitative estimate of drug-likeness (QED) is 0.738. The monoisotopic (exact) mass is 392 g/mol. The van der Waals surface area contributed by atoms with Crippen molar-refractivity contribution in [3.8, 4) is 5.75 Å². The lowest BCUT2D eigenvalue weighted by Crippen LogP contribution is -2.48. The molecule has 0 heterocycles. The first kappa shape index (κ1) is 19.2. The standard InChI is InChI=1S/C21H26F2N2O3/c22-20(23)28-17-3-1-16(2-4-17)25-19(27)12-24-18(26)11-21-8-13-5-14(9-21)7-15(6-13)10-21/h1-4,13-15,20H,5-12H2,(H,24,26)(H,25,27). The van der Waals surface area contributed by atoms with Crippen molar-refractivity contribution in [3.05, 3.63) is 24.3 Å². The number of benzene rings is 1. The molecule has 2 amide bonds. The first-order valence-corrected chi connectivity index (χ1v) is 10.0. The average Bonchev–Trinajstić information content (AvgIpc) is 2.60. The van der Waals surface area contributed by atoms with Crippen LogP contribution in [0.4, 0.5) is 14.5 Å². The van der Waals surface area contributed by atoms with Crippen LogP contribution in [0.5, 0.6) is 5.75 Å². The molecule has 0 saturated heterocycles. The Morgan fingerprint density at radius 1 is 1.00 bits per heavy atom. The van der Waals surface area contributed by atoms with Gasteiger partial charge < -0.3 is 15.4 Å². The van der Waals surface area contributed by atoms with Gasteiger partial charge in [-0.2, -0.15) is 8.78 Å². The first-order valence-electron chi connectivity index (χ1n) is 10.0. The lowest BCUT2D eigenvalue weighted by Gasteiger charge is -2.56. The first-order chi connectivity index (χ1) is 13.4. The third-order valence-corrected chi connectivity index (χ3v) is 6.51. The number of amides is 2. The summed E-state index contributed by atoms with van der Waals surface area (Å²) in [6.07, 6.45) is 8.01. The van der Waals surface area contributed by atoms with E-state index in [4.69, 9.17) is 0 Å². The SMILES string of the molecule is O=C(CC12CC3CC(CC(C3)C1)C2)NCC(=O)Nc1ccc(OC(F)F)cc1. The van der Waals surface area contributed by atoms with Gasteiger partial charge in [-0.15, -0.1) is 0 Å². The summed E-state index contributed by atoms with van der Waals surface area (Å²) in [5, 5.41) is 5.38. The maximum Gasteiger partial charge on any atom is 0.387 e. The second kappa shape index (κ2) is 7.68. The van der Waals surface area contributed by atoms with Crippen molar-refractivity contribution in [1.82, 2.24) is 5.32 Å². The van der Waals surface area contributed by atoms with Crippen molar-refractivity contribution in [2.45, 2.75) is 51.6 Å². The summed E-state index contributed by atoms with van der Waals surface area (Å²) in [7, 11) is 0. The summed E-state index contributed by atoms with van der Waals surface area (Å²) in [6, 6.07) is 5.67. The highest BCUT2D eigenvalue weighted by Gasteiger charge is 2.51. The van der Waals surface area contributed by atoms with Gasteiger partial charge in [0.1, 0.15) is 5.75 Å². The minimum Gasteiger partial charge on any atom is -0.435 e. The molecule has 0 aromatic heterocycles. The number of nitrogens with one attached hydrogen (secondary N) is 2. The van der Waals surface area contributed by atoms with Gasteiger partial charge >= 0.3 is 6.61 Å². The maximum atomic E-state index is 12.5. The van der Waals surface area contributed by atoms with Gasteiger partial charge in [-0.3, -0.25) is 9.59 Å². The Morgan fingerprint density at radius 2 is 1.57 bits per heavy atom. The molecule has 5 nitrogen and oxygen atoms in total. The Labute approximate surface area is 163 Å². The fourth-order valence-corrected chi connectivity index (χ4v) is 6.01. The summed E-state index contributed by atoms with van der Waals surface area (Å²) in [6.45, 7) is -2.98. The van der Waals surface area contributed by atoms with Crippen LogP contribution in [0.15, 0.2) is 24.3 Å². The van der Waals surface area contributed by atoms with Gasteiger partial charge in [0.25, 0.3) is 0 Å². The highest BCUT2D eigenvalue weighted by atomic mass is 19.3. The molecule has 0 aliphatic heterocycles. The van der Waals surface area contributed by atoms with Gasteiger partial charge in [-0.1, -0.05) is 0 Å². The molecule has 4 bridgehead atoms. The zero-order valence-electron chi connectivity index (χ0n) is 15.8. The topological polar surface area (TPSA) is 67.4 Å². The minimum absolute atomic E-state index is 0.0249. The molecule has 2 N–H and O–H groups in total. The minimum atomic E-state index is -2.88. The number of alkyl halides is 2. The number of anilines is 1. The Morgan fingerprint density at radius 3 is 2.11 bits per heavy atom. The predicted octanol–water partition coefficient (Wildman–Crippen LogP) is 3.95. The number of rotatable bonds is 7. The van der Waals surface area contributed by atoms with E-state index >= 15 is 0 Å². The van der Waals surface area contributed by atoms with Crippen molar-refractivity contribution >= 4 is 17.5 Å². The largest absolute Gasteiger partial charge is 0.435 e. The van der Waals surface area contributed by atoms with Crippen molar-refractivity contribution in [2.75, 3.05) is 11.9 Å². The highest BCUT2D eigenvalue weighted by Crippen LogP contribution is 2.61. The van der Waals surface area contributed by atoms with Gasteiger partial charge in [-0.25, -0.2) is 0 Å². The van der Waals surface area contributed by atoms with E-state index in [0.29, 0.717) is 12.1 Å². The number of halogens is 2. The second-order valence-electron chi connectivity index (χ2n) is 8.82.